The largest absolute Gasteiger partial charge is 0.493 e. The van der Waals surface area contributed by atoms with E-state index in [1.807, 2.05) is 38.2 Å². The Morgan fingerprint density at radius 3 is 2.66 bits per heavy atom. The molecule has 3 rings (SSSR count). The maximum Gasteiger partial charge on any atom is 0.263 e. The lowest BCUT2D eigenvalue weighted by Gasteiger charge is -2.14. The van der Waals surface area contributed by atoms with Crippen molar-refractivity contribution < 1.29 is 14.3 Å². The molecule has 0 bridgehead atoms. The van der Waals surface area contributed by atoms with Crippen molar-refractivity contribution in [1.82, 2.24) is 19.9 Å². The zero-order chi connectivity index (χ0) is 21.0. The summed E-state index contributed by atoms with van der Waals surface area (Å²) in [6.07, 6.45) is 3.74. The van der Waals surface area contributed by atoms with Crippen LogP contribution in [-0.2, 0) is 6.54 Å². The van der Waals surface area contributed by atoms with Crippen molar-refractivity contribution in [3.8, 4) is 22.1 Å². The Bertz CT molecular complexity index is 996. The number of hydrogen-bond donors (Lipinski definition) is 1. The van der Waals surface area contributed by atoms with Gasteiger partial charge >= 0.3 is 0 Å². The van der Waals surface area contributed by atoms with Crippen molar-refractivity contribution >= 4 is 17.2 Å². The fourth-order valence-electron chi connectivity index (χ4n) is 3.04. The number of carbonyl (C=O) groups excluding carboxylic acids is 1. The second kappa shape index (κ2) is 9.09. The van der Waals surface area contributed by atoms with Gasteiger partial charge < -0.3 is 19.4 Å². The van der Waals surface area contributed by atoms with E-state index in [9.17, 15) is 4.79 Å². The number of aromatic nitrogens is 3. The third-order valence-corrected chi connectivity index (χ3v) is 5.88. The number of thiazole rings is 1. The molecule has 1 atom stereocenters. The number of aryl methyl sites for hydroxylation is 2. The monoisotopic (exact) mass is 414 g/mol. The molecule has 1 unspecified atom stereocenters. The summed E-state index contributed by atoms with van der Waals surface area (Å²) in [5, 5.41) is 3.80. The van der Waals surface area contributed by atoms with E-state index < -0.39 is 0 Å². The fraction of sp³-hybridized carbons (Fsp3) is 0.381. The minimum Gasteiger partial charge on any atom is -0.493 e. The summed E-state index contributed by atoms with van der Waals surface area (Å²) in [6, 6.07) is 5.62. The number of nitrogens with one attached hydrogen (secondary N) is 1. The van der Waals surface area contributed by atoms with E-state index in [1.165, 1.54) is 11.3 Å². The van der Waals surface area contributed by atoms with Crippen LogP contribution in [0.4, 0.5) is 0 Å². The van der Waals surface area contributed by atoms with Gasteiger partial charge in [0.2, 0.25) is 0 Å². The Morgan fingerprint density at radius 1 is 1.24 bits per heavy atom. The lowest BCUT2D eigenvalue weighted by Crippen LogP contribution is -2.30. The predicted molar refractivity (Wildman–Crippen MR) is 114 cm³/mol. The van der Waals surface area contributed by atoms with Crippen LogP contribution in [-0.4, -0.2) is 41.2 Å². The van der Waals surface area contributed by atoms with Crippen LogP contribution in [0.2, 0.25) is 0 Å². The van der Waals surface area contributed by atoms with E-state index in [2.05, 4.69) is 26.8 Å². The number of carbonyl (C=O) groups is 1. The van der Waals surface area contributed by atoms with Crippen LogP contribution in [0.3, 0.4) is 0 Å². The van der Waals surface area contributed by atoms with Gasteiger partial charge in [0.1, 0.15) is 15.7 Å². The van der Waals surface area contributed by atoms with Gasteiger partial charge in [-0.3, -0.25) is 4.79 Å². The van der Waals surface area contributed by atoms with Crippen LogP contribution in [0.1, 0.15) is 28.1 Å². The summed E-state index contributed by atoms with van der Waals surface area (Å²) in [4.78, 5) is 22.1. The SMILES string of the molecule is COc1ccc(-c2nc(C)c(C(=O)NCC(C)Cn3ccnc3C)s2)cc1OC. The molecule has 29 heavy (non-hydrogen) atoms. The summed E-state index contributed by atoms with van der Waals surface area (Å²) in [7, 11) is 3.20. The highest BCUT2D eigenvalue weighted by Crippen LogP contribution is 2.34. The van der Waals surface area contributed by atoms with Crippen molar-refractivity contribution in [1.29, 1.82) is 0 Å². The maximum atomic E-state index is 12.7. The number of rotatable bonds is 8. The molecule has 8 heteroatoms. The van der Waals surface area contributed by atoms with E-state index in [4.69, 9.17) is 9.47 Å². The summed E-state index contributed by atoms with van der Waals surface area (Å²) in [5.41, 5.74) is 1.61. The molecule has 0 saturated heterocycles. The summed E-state index contributed by atoms with van der Waals surface area (Å²) < 4.78 is 12.7. The van der Waals surface area contributed by atoms with Gasteiger partial charge in [-0.05, 0) is 38.0 Å². The normalized spacial score (nSPS) is 11.9. The molecular weight excluding hydrogens is 388 g/mol. The van der Waals surface area contributed by atoms with Crippen LogP contribution in [0.25, 0.3) is 10.6 Å². The predicted octanol–water partition coefficient (Wildman–Crippen LogP) is 3.71. The summed E-state index contributed by atoms with van der Waals surface area (Å²) in [5.74, 6) is 2.45. The summed E-state index contributed by atoms with van der Waals surface area (Å²) >= 11 is 1.38. The molecular formula is C21H26N4O3S. The van der Waals surface area contributed by atoms with Crippen LogP contribution in [0, 0.1) is 19.8 Å². The van der Waals surface area contributed by atoms with Crippen molar-refractivity contribution in [2.75, 3.05) is 20.8 Å². The first kappa shape index (κ1) is 20.9. The smallest absolute Gasteiger partial charge is 0.263 e. The molecule has 0 saturated carbocycles. The molecule has 1 aromatic carbocycles. The molecule has 2 aromatic heterocycles. The Kier molecular flexibility index (Phi) is 6.53. The molecule has 0 spiro atoms. The molecule has 0 fully saturated rings. The van der Waals surface area contributed by atoms with Gasteiger partial charge in [0.05, 0.1) is 19.9 Å². The average Bonchev–Trinajstić information content (AvgIpc) is 3.31. The molecule has 154 valence electrons. The first-order chi connectivity index (χ1) is 13.9. The highest BCUT2D eigenvalue weighted by atomic mass is 32.1. The molecule has 2 heterocycles. The minimum atomic E-state index is -0.0964. The first-order valence-corrected chi connectivity index (χ1v) is 10.2. The van der Waals surface area contributed by atoms with E-state index in [0.717, 1.165) is 28.6 Å². The zero-order valence-electron chi connectivity index (χ0n) is 17.4. The molecule has 7 nitrogen and oxygen atoms in total. The van der Waals surface area contributed by atoms with Crippen molar-refractivity contribution in [2.45, 2.75) is 27.3 Å². The lowest BCUT2D eigenvalue weighted by atomic mass is 10.2. The van der Waals surface area contributed by atoms with E-state index in [1.54, 1.807) is 20.4 Å². The summed E-state index contributed by atoms with van der Waals surface area (Å²) in [6.45, 7) is 7.33. The van der Waals surface area contributed by atoms with Gasteiger partial charge in [-0.2, -0.15) is 0 Å². The standard InChI is InChI=1S/C21H26N4O3S/c1-13(12-25-9-8-22-15(25)3)11-23-20(26)19-14(2)24-21(29-19)16-6-7-17(27-4)18(10-16)28-5/h6-10,13H,11-12H2,1-5H3,(H,23,26). The number of ether oxygens (including phenoxy) is 2. The Balaban J connectivity index is 1.68. The van der Waals surface area contributed by atoms with Gasteiger partial charge in [0.15, 0.2) is 11.5 Å². The molecule has 1 amide bonds. The number of nitrogens with zero attached hydrogens (tertiary/aromatic N) is 3. The van der Waals surface area contributed by atoms with E-state index >= 15 is 0 Å². The molecule has 0 aliphatic heterocycles. The average molecular weight is 415 g/mol. The van der Waals surface area contributed by atoms with Crippen molar-refractivity contribution in [3.05, 3.63) is 47.0 Å². The lowest BCUT2D eigenvalue weighted by molar-refractivity contribution is 0.0950. The molecule has 0 aliphatic rings. The van der Waals surface area contributed by atoms with Crippen molar-refractivity contribution in [2.24, 2.45) is 5.92 Å². The minimum absolute atomic E-state index is 0.0964. The van der Waals surface area contributed by atoms with Gasteiger partial charge in [-0.15, -0.1) is 11.3 Å². The molecule has 0 radical (unpaired) electrons. The van der Waals surface area contributed by atoms with E-state index in [0.29, 0.717) is 22.9 Å². The number of hydrogen-bond acceptors (Lipinski definition) is 6. The maximum absolute atomic E-state index is 12.7. The highest BCUT2D eigenvalue weighted by Gasteiger charge is 2.18. The molecule has 3 aromatic rings. The Hall–Kier alpha value is -2.87. The van der Waals surface area contributed by atoms with Crippen LogP contribution in [0.15, 0.2) is 30.6 Å². The van der Waals surface area contributed by atoms with Gasteiger partial charge in [0, 0.05) is 31.0 Å². The highest BCUT2D eigenvalue weighted by molar-refractivity contribution is 7.17. The van der Waals surface area contributed by atoms with Crippen LogP contribution in [0.5, 0.6) is 11.5 Å². The van der Waals surface area contributed by atoms with Crippen molar-refractivity contribution in [3.63, 3.8) is 0 Å². The first-order valence-electron chi connectivity index (χ1n) is 9.38. The number of imidazole rings is 1. The second-order valence-corrected chi connectivity index (χ2v) is 7.94. The quantitative estimate of drug-likeness (QED) is 0.608. The molecule has 0 aliphatic carbocycles. The topological polar surface area (TPSA) is 78.3 Å². The van der Waals surface area contributed by atoms with E-state index in [-0.39, 0.29) is 11.8 Å². The third-order valence-electron chi connectivity index (χ3n) is 4.68. The van der Waals surface area contributed by atoms with Crippen LogP contribution >= 0.6 is 11.3 Å². The van der Waals surface area contributed by atoms with Gasteiger partial charge in [-0.25, -0.2) is 9.97 Å². The second-order valence-electron chi connectivity index (χ2n) is 6.95. The fourth-order valence-corrected chi connectivity index (χ4v) is 4.02. The zero-order valence-corrected chi connectivity index (χ0v) is 18.2. The van der Waals surface area contributed by atoms with Crippen LogP contribution < -0.4 is 14.8 Å². The third kappa shape index (κ3) is 4.76. The number of amides is 1. The Morgan fingerprint density at radius 2 is 2.00 bits per heavy atom. The molecule has 1 N–H and O–H groups in total. The number of methoxy groups -OCH3 is 2. The van der Waals surface area contributed by atoms with Gasteiger partial charge in [0.25, 0.3) is 5.91 Å². The number of benzene rings is 1. The Labute approximate surface area is 174 Å². The van der Waals surface area contributed by atoms with Gasteiger partial charge in [-0.1, -0.05) is 6.92 Å².